The number of nitrogens with zero attached hydrogens (tertiary/aromatic N) is 2. The molecule has 10 rings (SSSR count). The van der Waals surface area contributed by atoms with E-state index >= 15 is 0 Å². The van der Waals surface area contributed by atoms with Crippen LogP contribution in [0.25, 0.3) is 86.3 Å². The highest BCUT2D eigenvalue weighted by Crippen LogP contribution is 2.43. The third-order valence-electron chi connectivity index (χ3n) is 11.2. The Morgan fingerprint density at radius 2 is 0.906 bits per heavy atom. The standard InChI is InChI=1S/C50H42N2S/c1-49(2,3)32-26-33(50(4,5)6)28-35(27-32)52-44-20-11-8-15-38(44)42-29-45-41(30-46(42)52)37-14-7-10-19-43(37)51(45)34-24-22-31(23-25-34)36-17-13-18-40-39-16-9-12-21-47(39)53-48(36)40/h7-30H,1-6H3. The zero-order valence-electron chi connectivity index (χ0n) is 31.2. The summed E-state index contributed by atoms with van der Waals surface area (Å²) < 4.78 is 7.64. The molecule has 0 aliphatic carbocycles. The van der Waals surface area contributed by atoms with Gasteiger partial charge in [-0.3, -0.25) is 0 Å². The van der Waals surface area contributed by atoms with Gasteiger partial charge in [0.15, 0.2) is 0 Å². The Kier molecular flexibility index (Phi) is 6.91. The van der Waals surface area contributed by atoms with E-state index in [1.54, 1.807) is 0 Å². The normalized spacial score (nSPS) is 12.7. The smallest absolute Gasteiger partial charge is 0.0548 e. The maximum atomic E-state index is 2.50. The first-order valence-electron chi connectivity index (χ1n) is 18.7. The van der Waals surface area contributed by atoms with Crippen molar-refractivity contribution in [3.8, 4) is 22.5 Å². The molecule has 0 aliphatic heterocycles. The number of aromatic nitrogens is 2. The van der Waals surface area contributed by atoms with Gasteiger partial charge in [-0.2, -0.15) is 0 Å². The van der Waals surface area contributed by atoms with Crippen LogP contribution in [0.15, 0.2) is 146 Å². The second kappa shape index (κ2) is 11.4. The Labute approximate surface area is 314 Å². The Balaban J connectivity index is 1.20. The Hall–Kier alpha value is -5.64. The van der Waals surface area contributed by atoms with E-state index in [4.69, 9.17) is 0 Å². The molecule has 0 fully saturated rings. The Bertz CT molecular complexity index is 3030. The summed E-state index contributed by atoms with van der Waals surface area (Å²) in [5.74, 6) is 0. The molecule has 7 aromatic carbocycles. The van der Waals surface area contributed by atoms with Gasteiger partial charge in [0.25, 0.3) is 0 Å². The monoisotopic (exact) mass is 702 g/mol. The predicted molar refractivity (Wildman–Crippen MR) is 231 cm³/mol. The summed E-state index contributed by atoms with van der Waals surface area (Å²) in [5.41, 5.74) is 12.6. The first-order chi connectivity index (χ1) is 25.5. The molecule has 0 saturated carbocycles. The van der Waals surface area contributed by atoms with Gasteiger partial charge in [0.2, 0.25) is 0 Å². The van der Waals surface area contributed by atoms with Crippen molar-refractivity contribution in [2.24, 2.45) is 0 Å². The molecule has 0 atom stereocenters. The van der Waals surface area contributed by atoms with Crippen molar-refractivity contribution in [3.63, 3.8) is 0 Å². The van der Waals surface area contributed by atoms with Crippen LogP contribution in [-0.4, -0.2) is 9.13 Å². The summed E-state index contributed by atoms with van der Waals surface area (Å²) in [6, 6.07) is 54.6. The first kappa shape index (κ1) is 32.0. The fourth-order valence-corrected chi connectivity index (χ4v) is 9.60. The van der Waals surface area contributed by atoms with Crippen LogP contribution in [0.1, 0.15) is 52.7 Å². The number of hydrogen-bond donors (Lipinski definition) is 0. The van der Waals surface area contributed by atoms with Crippen molar-refractivity contribution in [1.82, 2.24) is 9.13 Å². The highest BCUT2D eigenvalue weighted by Gasteiger charge is 2.24. The molecule has 0 radical (unpaired) electrons. The molecule has 258 valence electrons. The van der Waals surface area contributed by atoms with Crippen LogP contribution < -0.4 is 0 Å². The third-order valence-corrected chi connectivity index (χ3v) is 12.4. The molecule has 0 unspecified atom stereocenters. The van der Waals surface area contributed by atoms with Gasteiger partial charge in [-0.05, 0) is 87.7 Å². The lowest BCUT2D eigenvalue weighted by molar-refractivity contribution is 0.568. The SMILES string of the molecule is CC(C)(C)c1cc(-n2c3ccccc3c3cc4c(cc32)c2ccccc2n4-c2ccc(-c3cccc4c3sc3ccccc34)cc2)cc(C(C)(C)C)c1. The van der Waals surface area contributed by atoms with Gasteiger partial charge in [-0.15, -0.1) is 11.3 Å². The van der Waals surface area contributed by atoms with Crippen molar-refractivity contribution < 1.29 is 0 Å². The quantitative estimate of drug-likeness (QED) is 0.173. The fraction of sp³-hybridized carbons (Fsp3) is 0.160. The summed E-state index contributed by atoms with van der Waals surface area (Å²) in [7, 11) is 0. The Morgan fingerprint density at radius 1 is 0.396 bits per heavy atom. The van der Waals surface area contributed by atoms with Gasteiger partial charge < -0.3 is 9.13 Å². The third kappa shape index (κ3) is 4.98. The van der Waals surface area contributed by atoms with Gasteiger partial charge in [-0.25, -0.2) is 0 Å². The maximum absolute atomic E-state index is 2.50. The van der Waals surface area contributed by atoms with Gasteiger partial charge in [-0.1, -0.05) is 133 Å². The highest BCUT2D eigenvalue weighted by molar-refractivity contribution is 7.26. The molecule has 3 aromatic heterocycles. The summed E-state index contributed by atoms with van der Waals surface area (Å²) in [6.45, 7) is 13.9. The minimum atomic E-state index is 0.0232. The molecule has 0 aliphatic rings. The van der Waals surface area contributed by atoms with Crippen molar-refractivity contribution >= 4 is 75.1 Å². The van der Waals surface area contributed by atoms with Crippen LogP contribution in [0.2, 0.25) is 0 Å². The lowest BCUT2D eigenvalue weighted by Crippen LogP contribution is -2.17. The van der Waals surface area contributed by atoms with Crippen LogP contribution in [0.3, 0.4) is 0 Å². The number of benzene rings is 7. The average Bonchev–Trinajstić information content (AvgIpc) is 3.80. The second-order valence-corrected chi connectivity index (χ2v) is 17.7. The van der Waals surface area contributed by atoms with E-state index < -0.39 is 0 Å². The van der Waals surface area contributed by atoms with Crippen LogP contribution in [-0.2, 0) is 10.8 Å². The van der Waals surface area contributed by atoms with E-state index in [-0.39, 0.29) is 10.8 Å². The molecule has 2 nitrogen and oxygen atoms in total. The molecule has 0 bridgehead atoms. The molecule has 0 amide bonds. The van der Waals surface area contributed by atoms with Crippen LogP contribution in [0, 0.1) is 0 Å². The number of thiophene rings is 1. The van der Waals surface area contributed by atoms with E-state index in [1.165, 1.54) is 97.4 Å². The average molecular weight is 703 g/mol. The maximum Gasteiger partial charge on any atom is 0.0548 e. The number of fused-ring (bicyclic) bond motifs is 9. The van der Waals surface area contributed by atoms with E-state index in [1.807, 2.05) is 11.3 Å². The zero-order valence-corrected chi connectivity index (χ0v) is 32.0. The van der Waals surface area contributed by atoms with E-state index in [2.05, 4.69) is 196 Å². The highest BCUT2D eigenvalue weighted by atomic mass is 32.1. The van der Waals surface area contributed by atoms with Crippen molar-refractivity contribution in [2.75, 3.05) is 0 Å². The summed E-state index contributed by atoms with van der Waals surface area (Å²) in [6.07, 6.45) is 0. The molecule has 3 heterocycles. The van der Waals surface area contributed by atoms with Gasteiger partial charge in [0, 0.05) is 53.1 Å². The summed E-state index contributed by atoms with van der Waals surface area (Å²) in [5, 5.41) is 7.73. The number of rotatable bonds is 3. The van der Waals surface area contributed by atoms with E-state index in [0.717, 1.165) is 0 Å². The topological polar surface area (TPSA) is 9.86 Å². The minimum Gasteiger partial charge on any atom is -0.309 e. The van der Waals surface area contributed by atoms with Crippen LogP contribution in [0.4, 0.5) is 0 Å². The molecule has 0 N–H and O–H groups in total. The van der Waals surface area contributed by atoms with Crippen molar-refractivity contribution in [2.45, 2.75) is 52.4 Å². The van der Waals surface area contributed by atoms with Crippen molar-refractivity contribution in [3.05, 3.63) is 157 Å². The van der Waals surface area contributed by atoms with Gasteiger partial charge >= 0.3 is 0 Å². The van der Waals surface area contributed by atoms with Crippen molar-refractivity contribution in [1.29, 1.82) is 0 Å². The zero-order chi connectivity index (χ0) is 36.2. The fourth-order valence-electron chi connectivity index (χ4n) is 8.36. The summed E-state index contributed by atoms with van der Waals surface area (Å²) >= 11 is 1.89. The second-order valence-electron chi connectivity index (χ2n) is 16.7. The number of para-hydroxylation sites is 2. The molecule has 0 saturated heterocycles. The van der Waals surface area contributed by atoms with E-state index in [0.29, 0.717) is 0 Å². The molecule has 3 heteroatoms. The molecule has 0 spiro atoms. The minimum absolute atomic E-state index is 0.0232. The first-order valence-corrected chi connectivity index (χ1v) is 19.5. The molecule has 10 aromatic rings. The molecular formula is C50H42N2S. The molecule has 53 heavy (non-hydrogen) atoms. The Morgan fingerprint density at radius 3 is 1.49 bits per heavy atom. The van der Waals surface area contributed by atoms with Gasteiger partial charge in [0.05, 0.1) is 22.1 Å². The predicted octanol–water partition coefficient (Wildman–Crippen LogP) is 14.5. The largest absolute Gasteiger partial charge is 0.309 e. The van der Waals surface area contributed by atoms with Crippen LogP contribution in [0.5, 0.6) is 0 Å². The lowest BCUT2D eigenvalue weighted by Gasteiger charge is -2.26. The summed E-state index contributed by atoms with van der Waals surface area (Å²) in [4.78, 5) is 0. The lowest BCUT2D eigenvalue weighted by atomic mass is 9.80. The van der Waals surface area contributed by atoms with E-state index in [9.17, 15) is 0 Å². The van der Waals surface area contributed by atoms with Crippen LogP contribution >= 0.6 is 11.3 Å². The number of hydrogen-bond acceptors (Lipinski definition) is 1. The molecular weight excluding hydrogens is 661 g/mol. The van der Waals surface area contributed by atoms with Gasteiger partial charge in [0.1, 0.15) is 0 Å².